The molecule has 0 radical (unpaired) electrons. The van der Waals surface area contributed by atoms with Gasteiger partial charge in [0, 0.05) is 17.8 Å². The Morgan fingerprint density at radius 3 is 2.72 bits per heavy atom. The molecule has 1 aliphatic heterocycles. The highest BCUT2D eigenvalue weighted by molar-refractivity contribution is 6.03. The van der Waals surface area contributed by atoms with Gasteiger partial charge in [0.1, 0.15) is 0 Å². The van der Waals surface area contributed by atoms with Crippen molar-refractivity contribution in [2.45, 2.75) is 19.8 Å². The van der Waals surface area contributed by atoms with Gasteiger partial charge in [0.15, 0.2) is 5.78 Å². The van der Waals surface area contributed by atoms with E-state index in [0.29, 0.717) is 11.3 Å². The molecule has 0 unspecified atom stereocenters. The first-order valence-corrected chi connectivity index (χ1v) is 5.65. The maximum atomic E-state index is 11.8. The number of Topliss-reactive ketones (excluding diaryl/α,β-unsaturated/α-hetero) is 1. The first kappa shape index (κ1) is 12.3. The second-order valence-electron chi connectivity index (χ2n) is 4.27. The van der Waals surface area contributed by atoms with Gasteiger partial charge in [-0.25, -0.2) is 0 Å². The number of carboxylic acid groups (broad SMARTS) is 1. The van der Waals surface area contributed by atoms with Crippen LogP contribution in [0, 0.1) is 0 Å². The predicted molar refractivity (Wildman–Crippen MR) is 64.8 cm³/mol. The number of rotatable bonds is 4. The molecule has 1 aliphatic rings. The molecule has 0 atom stereocenters. The van der Waals surface area contributed by atoms with Gasteiger partial charge in [-0.1, -0.05) is 0 Å². The molecule has 1 amide bonds. The summed E-state index contributed by atoms with van der Waals surface area (Å²) in [5.74, 6) is -1.10. The number of carboxylic acids is 1. The summed E-state index contributed by atoms with van der Waals surface area (Å²) in [5.41, 5.74) is 2.07. The zero-order chi connectivity index (χ0) is 13.3. The van der Waals surface area contributed by atoms with E-state index in [1.54, 1.807) is 18.2 Å². The summed E-state index contributed by atoms with van der Waals surface area (Å²) < 4.78 is 0. The predicted octanol–water partition coefficient (Wildman–Crippen LogP) is 1.25. The van der Waals surface area contributed by atoms with Gasteiger partial charge in [-0.2, -0.15) is 0 Å². The molecule has 5 heteroatoms. The van der Waals surface area contributed by atoms with Crippen molar-refractivity contribution in [1.29, 1.82) is 0 Å². The van der Waals surface area contributed by atoms with E-state index >= 15 is 0 Å². The second kappa shape index (κ2) is 4.60. The van der Waals surface area contributed by atoms with Crippen molar-refractivity contribution >= 4 is 23.3 Å². The lowest BCUT2D eigenvalue weighted by molar-refractivity contribution is -0.136. The van der Waals surface area contributed by atoms with Crippen molar-refractivity contribution < 1.29 is 19.5 Å². The fraction of sp³-hybridized carbons (Fsp3) is 0.308. The minimum absolute atomic E-state index is 0.0470. The molecule has 0 saturated carbocycles. The highest BCUT2D eigenvalue weighted by atomic mass is 16.4. The van der Waals surface area contributed by atoms with Crippen molar-refractivity contribution in [3.63, 3.8) is 0 Å². The summed E-state index contributed by atoms with van der Waals surface area (Å²) in [6.45, 7) is 1.64. The summed E-state index contributed by atoms with van der Waals surface area (Å²) in [6.07, 6.45) is 0.149. The van der Waals surface area contributed by atoms with Crippen LogP contribution in [0.3, 0.4) is 0 Å². The fourth-order valence-corrected chi connectivity index (χ4v) is 2.05. The summed E-state index contributed by atoms with van der Waals surface area (Å²) in [6, 6.07) is 5.07. The molecule has 0 fully saturated rings. The quantitative estimate of drug-likeness (QED) is 0.812. The van der Waals surface area contributed by atoms with Crippen LogP contribution in [0.4, 0.5) is 5.69 Å². The Hall–Kier alpha value is -2.17. The Labute approximate surface area is 104 Å². The van der Waals surface area contributed by atoms with Gasteiger partial charge in [0.25, 0.3) is 0 Å². The van der Waals surface area contributed by atoms with Gasteiger partial charge in [-0.15, -0.1) is 0 Å². The van der Waals surface area contributed by atoms with E-state index in [4.69, 9.17) is 5.11 Å². The van der Waals surface area contributed by atoms with E-state index in [-0.39, 0.29) is 31.1 Å². The fourth-order valence-electron chi connectivity index (χ4n) is 2.05. The molecule has 0 saturated heterocycles. The lowest BCUT2D eigenvalue weighted by Gasteiger charge is -2.16. The molecule has 1 aromatic carbocycles. The number of amides is 1. The molecule has 5 nitrogen and oxygen atoms in total. The number of carbonyl (C=O) groups is 3. The lowest BCUT2D eigenvalue weighted by atomic mass is 10.1. The van der Waals surface area contributed by atoms with E-state index in [1.165, 1.54) is 11.8 Å². The molecule has 1 aromatic rings. The molecule has 1 N–H and O–H groups in total. The van der Waals surface area contributed by atoms with Crippen molar-refractivity contribution in [2.24, 2.45) is 0 Å². The highest BCUT2D eigenvalue weighted by Crippen LogP contribution is 2.29. The summed E-state index contributed by atoms with van der Waals surface area (Å²) in [7, 11) is 0. The Balaban J connectivity index is 2.26. The van der Waals surface area contributed by atoms with Crippen LogP contribution in [-0.4, -0.2) is 29.3 Å². The minimum atomic E-state index is -0.934. The van der Waals surface area contributed by atoms with Gasteiger partial charge in [-0.05, 0) is 30.7 Å². The van der Waals surface area contributed by atoms with Crippen molar-refractivity contribution in [1.82, 2.24) is 0 Å². The molecule has 1 heterocycles. The SMILES string of the molecule is CC(=O)c1ccc2c(c1)CC(=O)N2CCC(=O)O. The van der Waals surface area contributed by atoms with Crippen molar-refractivity contribution in [2.75, 3.05) is 11.4 Å². The number of benzene rings is 1. The smallest absolute Gasteiger partial charge is 0.305 e. The van der Waals surface area contributed by atoms with Crippen LogP contribution in [0.25, 0.3) is 0 Å². The molecule has 0 bridgehead atoms. The maximum Gasteiger partial charge on any atom is 0.305 e. The molecule has 0 aliphatic carbocycles. The standard InChI is InChI=1S/C13H13NO4/c1-8(15)9-2-3-11-10(6-9)7-12(16)14(11)5-4-13(17)18/h2-3,6H,4-5,7H2,1H3,(H,17,18). The van der Waals surface area contributed by atoms with Crippen LogP contribution < -0.4 is 4.90 Å². The second-order valence-corrected chi connectivity index (χ2v) is 4.27. The topological polar surface area (TPSA) is 74.7 Å². The van der Waals surface area contributed by atoms with Crippen LogP contribution in [0.5, 0.6) is 0 Å². The first-order chi connectivity index (χ1) is 8.49. The van der Waals surface area contributed by atoms with Crippen LogP contribution in [0.1, 0.15) is 29.3 Å². The third-order valence-corrected chi connectivity index (χ3v) is 2.97. The zero-order valence-corrected chi connectivity index (χ0v) is 9.97. The Kier molecular flexibility index (Phi) is 3.14. The number of anilines is 1. The summed E-state index contributed by atoms with van der Waals surface area (Å²) >= 11 is 0. The van der Waals surface area contributed by atoms with Gasteiger partial charge in [-0.3, -0.25) is 14.4 Å². The molecule has 18 heavy (non-hydrogen) atoms. The molecule has 0 spiro atoms. The number of hydrogen-bond acceptors (Lipinski definition) is 3. The summed E-state index contributed by atoms with van der Waals surface area (Å²) in [4.78, 5) is 35.0. The highest BCUT2D eigenvalue weighted by Gasteiger charge is 2.27. The molecular formula is C13H13NO4. The van der Waals surface area contributed by atoms with Gasteiger partial charge >= 0.3 is 5.97 Å². The molecule has 0 aromatic heterocycles. The first-order valence-electron chi connectivity index (χ1n) is 5.65. The third-order valence-electron chi connectivity index (χ3n) is 2.97. The molecule has 94 valence electrons. The van der Waals surface area contributed by atoms with E-state index in [2.05, 4.69) is 0 Å². The summed E-state index contributed by atoms with van der Waals surface area (Å²) in [5, 5.41) is 8.64. The number of ketones is 1. The van der Waals surface area contributed by atoms with Gasteiger partial charge in [0.2, 0.25) is 5.91 Å². The lowest BCUT2D eigenvalue weighted by Crippen LogP contribution is -2.29. The minimum Gasteiger partial charge on any atom is -0.481 e. The van der Waals surface area contributed by atoms with Crippen molar-refractivity contribution in [3.8, 4) is 0 Å². The number of aliphatic carboxylic acids is 1. The Morgan fingerprint density at radius 1 is 1.39 bits per heavy atom. The Morgan fingerprint density at radius 2 is 2.11 bits per heavy atom. The van der Waals surface area contributed by atoms with E-state index in [0.717, 1.165) is 5.56 Å². The monoisotopic (exact) mass is 247 g/mol. The molecule has 2 rings (SSSR count). The van der Waals surface area contributed by atoms with E-state index < -0.39 is 5.97 Å². The number of carbonyl (C=O) groups excluding carboxylic acids is 2. The third kappa shape index (κ3) is 2.25. The van der Waals surface area contributed by atoms with Crippen LogP contribution in [0.2, 0.25) is 0 Å². The average Bonchev–Trinajstić information content (AvgIpc) is 2.60. The zero-order valence-electron chi connectivity index (χ0n) is 9.97. The van der Waals surface area contributed by atoms with Crippen molar-refractivity contribution in [3.05, 3.63) is 29.3 Å². The molecular weight excluding hydrogens is 234 g/mol. The number of nitrogens with zero attached hydrogens (tertiary/aromatic N) is 1. The van der Waals surface area contributed by atoms with E-state index in [9.17, 15) is 14.4 Å². The number of fused-ring (bicyclic) bond motifs is 1. The van der Waals surface area contributed by atoms with Crippen LogP contribution in [-0.2, 0) is 16.0 Å². The van der Waals surface area contributed by atoms with Crippen LogP contribution >= 0.6 is 0 Å². The Bertz CT molecular complexity index is 536. The van der Waals surface area contributed by atoms with Gasteiger partial charge in [0.05, 0.1) is 12.8 Å². The van der Waals surface area contributed by atoms with Gasteiger partial charge < -0.3 is 10.0 Å². The number of hydrogen-bond donors (Lipinski definition) is 1. The van der Waals surface area contributed by atoms with Crippen LogP contribution in [0.15, 0.2) is 18.2 Å². The largest absolute Gasteiger partial charge is 0.481 e. The normalized spacial score (nSPS) is 13.6. The maximum absolute atomic E-state index is 11.8. The van der Waals surface area contributed by atoms with E-state index in [1.807, 2.05) is 0 Å². The average molecular weight is 247 g/mol.